The third-order valence-electron chi connectivity index (χ3n) is 6.47. The maximum Gasteiger partial charge on any atom is 0.272 e. The van der Waals surface area contributed by atoms with Gasteiger partial charge in [-0.05, 0) is 49.9 Å². The molecule has 4 aromatic rings. The molecule has 0 spiro atoms. The summed E-state index contributed by atoms with van der Waals surface area (Å²) in [5.74, 6) is 1.01. The number of carbonyl (C=O) groups excluding carboxylic acids is 2. The van der Waals surface area contributed by atoms with Gasteiger partial charge in [-0.15, -0.1) is 23.2 Å². The van der Waals surface area contributed by atoms with Gasteiger partial charge in [0.15, 0.2) is 13.1 Å². The van der Waals surface area contributed by atoms with Crippen molar-refractivity contribution < 1.29 is 28.9 Å². The monoisotopic (exact) mass is 586 g/mol. The number of alkyl halides is 2. The second-order valence-electron chi connectivity index (χ2n) is 9.56. The molecule has 0 saturated heterocycles. The second-order valence-corrected chi connectivity index (χ2v) is 10.6. The standard InChI is InChI=1S/C28H30Cl2N6O4/c1-17-3-5-19(13-23(17)37)33-25(39)15-35-11-9-31-27(35)21(29)7-8-22(30)28-32-10-12-36(28)16-26(40)34-20-6-4-18(2)24(38)14-20/h3-6,9-14,21-22H,7-8,15-16H2,1-2H3,(H4,33,34,37,38,39,40)/p+2. The SMILES string of the molecule is Cc1ccc(NC(=O)C[n+]2cc[nH]c2C(Cl)CCC(Cl)c2[nH]cc[n+]2CC(=O)Nc2ccc(C)c(O)c2)cc1O. The van der Waals surface area contributed by atoms with E-state index in [1.807, 2.05) is 0 Å². The molecule has 0 saturated carbocycles. The normalized spacial score (nSPS) is 12.6. The Morgan fingerprint density at radius 1 is 0.775 bits per heavy atom. The zero-order valence-electron chi connectivity index (χ0n) is 22.1. The highest BCUT2D eigenvalue weighted by Gasteiger charge is 2.27. The summed E-state index contributed by atoms with van der Waals surface area (Å²) in [5.41, 5.74) is 2.45. The molecule has 2 atom stereocenters. The van der Waals surface area contributed by atoms with Crippen molar-refractivity contribution in [3.05, 3.63) is 84.0 Å². The summed E-state index contributed by atoms with van der Waals surface area (Å²) in [4.78, 5) is 31.4. The average molecular weight is 588 g/mol. The van der Waals surface area contributed by atoms with Gasteiger partial charge >= 0.3 is 0 Å². The summed E-state index contributed by atoms with van der Waals surface area (Å²) in [7, 11) is 0. The highest BCUT2D eigenvalue weighted by atomic mass is 35.5. The van der Waals surface area contributed by atoms with Gasteiger partial charge in [0.2, 0.25) is 0 Å². The van der Waals surface area contributed by atoms with Gasteiger partial charge in [-0.3, -0.25) is 9.59 Å². The average Bonchev–Trinajstić information content (AvgIpc) is 3.56. The van der Waals surface area contributed by atoms with Crippen molar-refractivity contribution in [2.75, 3.05) is 10.6 Å². The van der Waals surface area contributed by atoms with Crippen molar-refractivity contribution in [3.63, 3.8) is 0 Å². The number of hydrogen-bond donors (Lipinski definition) is 6. The van der Waals surface area contributed by atoms with E-state index in [0.29, 0.717) is 35.9 Å². The van der Waals surface area contributed by atoms with E-state index in [0.717, 1.165) is 11.1 Å². The number of amides is 2. The number of aromatic nitrogens is 4. The minimum Gasteiger partial charge on any atom is -0.508 e. The summed E-state index contributed by atoms with van der Waals surface area (Å²) in [5, 5.41) is 24.4. The number of halogens is 2. The van der Waals surface area contributed by atoms with Crippen LogP contribution in [0.5, 0.6) is 11.5 Å². The van der Waals surface area contributed by atoms with E-state index in [4.69, 9.17) is 23.2 Å². The third kappa shape index (κ3) is 7.34. The molecular weight excluding hydrogens is 555 g/mol. The molecule has 2 aromatic carbocycles. The number of nitrogens with zero attached hydrogens (tertiary/aromatic N) is 2. The molecule has 2 unspecified atom stereocenters. The van der Waals surface area contributed by atoms with Crippen LogP contribution in [0.3, 0.4) is 0 Å². The number of phenolic OH excluding ortho intramolecular Hbond substituents is 2. The van der Waals surface area contributed by atoms with Gasteiger partial charge in [-0.2, -0.15) is 0 Å². The lowest BCUT2D eigenvalue weighted by Crippen LogP contribution is -2.43. The Kier molecular flexibility index (Phi) is 9.34. The van der Waals surface area contributed by atoms with E-state index in [1.165, 1.54) is 12.1 Å². The zero-order valence-corrected chi connectivity index (χ0v) is 23.6. The van der Waals surface area contributed by atoms with Crippen LogP contribution in [0, 0.1) is 13.8 Å². The van der Waals surface area contributed by atoms with E-state index >= 15 is 0 Å². The lowest BCUT2D eigenvalue weighted by molar-refractivity contribution is -0.691. The van der Waals surface area contributed by atoms with Crippen LogP contribution < -0.4 is 19.8 Å². The number of rotatable bonds is 11. The lowest BCUT2D eigenvalue weighted by Gasteiger charge is -2.11. The maximum absolute atomic E-state index is 12.6. The van der Waals surface area contributed by atoms with Crippen LogP contribution >= 0.6 is 23.2 Å². The Bertz CT molecular complexity index is 1390. The Labute approximate surface area is 241 Å². The number of aromatic hydroxyl groups is 2. The van der Waals surface area contributed by atoms with Gasteiger partial charge in [0.05, 0.1) is 0 Å². The van der Waals surface area contributed by atoms with Crippen molar-refractivity contribution in [2.24, 2.45) is 0 Å². The predicted octanol–water partition coefficient (Wildman–Crippen LogP) is 4.26. The van der Waals surface area contributed by atoms with Gasteiger partial charge in [0, 0.05) is 23.5 Å². The summed E-state index contributed by atoms with van der Waals surface area (Å²) in [6, 6.07) is 9.92. The first-order valence-electron chi connectivity index (χ1n) is 12.7. The summed E-state index contributed by atoms with van der Waals surface area (Å²) in [6.45, 7) is 3.62. The number of aromatic amines is 2. The Hall–Kier alpha value is -4.02. The first kappa shape index (κ1) is 29.0. The topological polar surface area (TPSA) is 138 Å². The predicted molar refractivity (Wildman–Crippen MR) is 151 cm³/mol. The third-order valence-corrected chi connectivity index (χ3v) is 7.32. The minimum absolute atomic E-state index is 0.0332. The van der Waals surface area contributed by atoms with E-state index in [9.17, 15) is 19.8 Å². The molecule has 210 valence electrons. The van der Waals surface area contributed by atoms with Gasteiger partial charge in [0.25, 0.3) is 23.5 Å². The van der Waals surface area contributed by atoms with Crippen LogP contribution in [-0.4, -0.2) is 32.0 Å². The number of H-pyrrole nitrogens is 2. The highest BCUT2D eigenvalue weighted by molar-refractivity contribution is 6.21. The first-order chi connectivity index (χ1) is 19.1. The number of phenols is 2. The number of imidazole rings is 2. The molecule has 4 rings (SSSR count). The van der Waals surface area contributed by atoms with Crippen LogP contribution in [0.4, 0.5) is 11.4 Å². The number of aryl methyl sites for hydroxylation is 2. The molecule has 0 fully saturated rings. The van der Waals surface area contributed by atoms with Crippen LogP contribution in [0.25, 0.3) is 0 Å². The van der Waals surface area contributed by atoms with E-state index < -0.39 is 10.8 Å². The Balaban J connectivity index is 1.31. The number of anilines is 2. The van der Waals surface area contributed by atoms with E-state index in [-0.39, 0.29) is 36.4 Å². The van der Waals surface area contributed by atoms with Crippen molar-refractivity contribution in [1.82, 2.24) is 9.97 Å². The number of hydrogen-bond acceptors (Lipinski definition) is 4. The lowest BCUT2D eigenvalue weighted by atomic mass is 10.1. The summed E-state index contributed by atoms with van der Waals surface area (Å²) in [6.07, 6.45) is 7.88. The van der Waals surface area contributed by atoms with Gasteiger partial charge in [0.1, 0.15) is 47.0 Å². The molecular formula is C28H32Cl2N6O4+2. The highest BCUT2D eigenvalue weighted by Crippen LogP contribution is 2.29. The van der Waals surface area contributed by atoms with E-state index in [1.54, 1.807) is 72.0 Å². The van der Waals surface area contributed by atoms with Crippen molar-refractivity contribution in [2.45, 2.75) is 50.5 Å². The van der Waals surface area contributed by atoms with Gasteiger partial charge in [-0.25, -0.2) is 19.1 Å². The number of carbonyl (C=O) groups is 2. The number of benzene rings is 2. The fourth-order valence-electron chi connectivity index (χ4n) is 4.22. The smallest absolute Gasteiger partial charge is 0.272 e. The van der Waals surface area contributed by atoms with E-state index in [2.05, 4.69) is 20.6 Å². The van der Waals surface area contributed by atoms with Crippen LogP contribution in [-0.2, 0) is 22.7 Å². The van der Waals surface area contributed by atoms with Crippen LogP contribution in [0.2, 0.25) is 0 Å². The molecule has 12 heteroatoms. The minimum atomic E-state index is -0.451. The Morgan fingerprint density at radius 2 is 1.18 bits per heavy atom. The molecule has 6 N–H and O–H groups in total. The molecule has 2 aromatic heterocycles. The molecule has 10 nitrogen and oxygen atoms in total. The molecule has 0 bridgehead atoms. The van der Waals surface area contributed by atoms with Crippen molar-refractivity contribution >= 4 is 46.4 Å². The zero-order chi connectivity index (χ0) is 28.8. The molecule has 0 aliphatic rings. The van der Waals surface area contributed by atoms with Gasteiger partial charge < -0.3 is 20.8 Å². The van der Waals surface area contributed by atoms with Crippen molar-refractivity contribution in [3.8, 4) is 11.5 Å². The number of nitrogens with one attached hydrogen (secondary N) is 4. The van der Waals surface area contributed by atoms with Crippen LogP contribution in [0.1, 0.15) is 46.4 Å². The van der Waals surface area contributed by atoms with Crippen LogP contribution in [0.15, 0.2) is 61.2 Å². The fraction of sp³-hybridized carbons (Fsp3) is 0.286. The summed E-state index contributed by atoms with van der Waals surface area (Å²) >= 11 is 13.4. The fourth-order valence-corrected chi connectivity index (χ4v) is 4.85. The summed E-state index contributed by atoms with van der Waals surface area (Å²) < 4.78 is 3.46. The second kappa shape index (κ2) is 12.9. The van der Waals surface area contributed by atoms with Gasteiger partial charge in [-0.1, -0.05) is 12.1 Å². The molecule has 40 heavy (non-hydrogen) atoms. The molecule has 0 radical (unpaired) electrons. The molecule has 0 aliphatic carbocycles. The molecule has 2 amide bonds. The molecule has 0 aliphatic heterocycles. The largest absolute Gasteiger partial charge is 0.508 e. The Morgan fingerprint density at radius 3 is 1.55 bits per heavy atom. The molecule has 2 heterocycles. The quantitative estimate of drug-likeness (QED) is 0.115. The maximum atomic E-state index is 12.6. The first-order valence-corrected chi connectivity index (χ1v) is 13.6. The van der Waals surface area contributed by atoms with Crippen molar-refractivity contribution in [1.29, 1.82) is 0 Å².